The lowest BCUT2D eigenvalue weighted by molar-refractivity contribution is -0.385. The number of nitro benzene ring substituents is 1. The normalized spacial score (nSPS) is 11.9. The molecule has 2 N–H and O–H groups in total. The highest BCUT2D eigenvalue weighted by Crippen LogP contribution is 2.21. The van der Waals surface area contributed by atoms with Gasteiger partial charge < -0.3 is 0 Å². The second kappa shape index (κ2) is 6.55. The van der Waals surface area contributed by atoms with Crippen LogP contribution < -0.4 is 9.44 Å². The standard InChI is InChI=1S/C13H13N3O6S2/c1-14-23(19,20)12-7-5-10(6-8-12)15-24(21,22)13-4-2-3-11(9-13)16(17)18/h2-9,14-15H,1H3. The van der Waals surface area contributed by atoms with E-state index in [9.17, 15) is 26.9 Å². The summed E-state index contributed by atoms with van der Waals surface area (Å²) in [5, 5.41) is 10.7. The van der Waals surface area contributed by atoms with Crippen LogP contribution in [-0.4, -0.2) is 28.8 Å². The number of hydrogen-bond acceptors (Lipinski definition) is 6. The molecule has 128 valence electrons. The number of nitrogens with one attached hydrogen (secondary N) is 2. The van der Waals surface area contributed by atoms with Crippen LogP contribution in [0, 0.1) is 10.1 Å². The second-order valence-corrected chi connectivity index (χ2v) is 8.16. The quantitative estimate of drug-likeness (QED) is 0.580. The van der Waals surface area contributed by atoms with Gasteiger partial charge in [0.25, 0.3) is 15.7 Å². The lowest BCUT2D eigenvalue weighted by Crippen LogP contribution is -2.18. The minimum atomic E-state index is -4.04. The summed E-state index contributed by atoms with van der Waals surface area (Å²) in [6, 6.07) is 9.61. The van der Waals surface area contributed by atoms with Gasteiger partial charge in [-0.3, -0.25) is 14.8 Å². The second-order valence-electron chi connectivity index (χ2n) is 4.59. The molecule has 0 unspecified atom stereocenters. The van der Waals surface area contributed by atoms with Gasteiger partial charge >= 0.3 is 0 Å². The molecule has 0 amide bonds. The molecular weight excluding hydrogens is 358 g/mol. The maximum absolute atomic E-state index is 12.3. The van der Waals surface area contributed by atoms with E-state index in [1.807, 2.05) is 0 Å². The molecule has 2 aromatic carbocycles. The Bertz CT molecular complexity index is 969. The predicted octanol–water partition coefficient (Wildman–Crippen LogP) is 1.30. The van der Waals surface area contributed by atoms with Crippen molar-refractivity contribution in [2.24, 2.45) is 0 Å². The fourth-order valence-electron chi connectivity index (χ4n) is 1.80. The van der Waals surface area contributed by atoms with Gasteiger partial charge in [0.2, 0.25) is 10.0 Å². The molecule has 0 atom stereocenters. The average Bonchev–Trinajstić information content (AvgIpc) is 2.55. The third kappa shape index (κ3) is 3.88. The molecule has 0 spiro atoms. The number of non-ortho nitro benzene ring substituents is 1. The van der Waals surface area contributed by atoms with E-state index in [0.29, 0.717) is 0 Å². The van der Waals surface area contributed by atoms with Crippen LogP contribution in [0.25, 0.3) is 0 Å². The van der Waals surface area contributed by atoms with Crippen molar-refractivity contribution < 1.29 is 21.8 Å². The summed E-state index contributed by atoms with van der Waals surface area (Å²) in [4.78, 5) is 9.73. The first kappa shape index (κ1) is 17.8. The van der Waals surface area contributed by atoms with Gasteiger partial charge in [0.15, 0.2) is 0 Å². The highest BCUT2D eigenvalue weighted by atomic mass is 32.2. The highest BCUT2D eigenvalue weighted by Gasteiger charge is 2.18. The fourth-order valence-corrected chi connectivity index (χ4v) is 3.63. The molecule has 0 aromatic heterocycles. The molecule has 0 saturated heterocycles. The Morgan fingerprint density at radius 2 is 1.54 bits per heavy atom. The first-order valence-corrected chi connectivity index (χ1v) is 9.43. The van der Waals surface area contributed by atoms with Gasteiger partial charge in [-0.25, -0.2) is 21.6 Å². The molecule has 2 rings (SSSR count). The smallest absolute Gasteiger partial charge is 0.270 e. The minimum absolute atomic E-state index is 0.0247. The maximum Gasteiger partial charge on any atom is 0.270 e. The predicted molar refractivity (Wildman–Crippen MR) is 86.6 cm³/mol. The molecule has 24 heavy (non-hydrogen) atoms. The van der Waals surface area contributed by atoms with Crippen LogP contribution >= 0.6 is 0 Å². The molecule has 11 heteroatoms. The van der Waals surface area contributed by atoms with E-state index in [-0.39, 0.29) is 21.2 Å². The van der Waals surface area contributed by atoms with Crippen molar-refractivity contribution >= 4 is 31.4 Å². The third-order valence-electron chi connectivity index (χ3n) is 3.02. The van der Waals surface area contributed by atoms with Crippen molar-refractivity contribution in [1.29, 1.82) is 0 Å². The summed E-state index contributed by atoms with van der Waals surface area (Å²) in [5.74, 6) is 0. The van der Waals surface area contributed by atoms with Crippen molar-refractivity contribution in [1.82, 2.24) is 4.72 Å². The zero-order valence-electron chi connectivity index (χ0n) is 12.3. The molecule has 0 bridgehead atoms. The van der Waals surface area contributed by atoms with Gasteiger partial charge in [0.05, 0.1) is 14.7 Å². The van der Waals surface area contributed by atoms with E-state index in [2.05, 4.69) is 9.44 Å². The molecule has 0 aliphatic rings. The third-order valence-corrected chi connectivity index (χ3v) is 5.83. The Balaban J connectivity index is 2.30. The Hall–Kier alpha value is -2.50. The van der Waals surface area contributed by atoms with Gasteiger partial charge in [-0.15, -0.1) is 0 Å². The van der Waals surface area contributed by atoms with Crippen LogP contribution in [0.3, 0.4) is 0 Å². The SMILES string of the molecule is CNS(=O)(=O)c1ccc(NS(=O)(=O)c2cccc([N+](=O)[O-])c2)cc1. The first-order chi connectivity index (χ1) is 11.2. The Morgan fingerprint density at radius 1 is 0.917 bits per heavy atom. The molecule has 0 radical (unpaired) electrons. The van der Waals surface area contributed by atoms with Crippen molar-refractivity contribution in [3.05, 3.63) is 58.6 Å². The largest absolute Gasteiger partial charge is 0.280 e. The molecule has 0 saturated carbocycles. The topological polar surface area (TPSA) is 135 Å². The van der Waals surface area contributed by atoms with Crippen molar-refractivity contribution in [2.45, 2.75) is 9.79 Å². The van der Waals surface area contributed by atoms with E-state index in [1.165, 1.54) is 49.5 Å². The van der Waals surface area contributed by atoms with Crippen LogP contribution in [0.2, 0.25) is 0 Å². The Labute approximate surface area is 138 Å². The first-order valence-electron chi connectivity index (χ1n) is 6.46. The van der Waals surface area contributed by atoms with Gasteiger partial charge in [-0.1, -0.05) is 6.07 Å². The van der Waals surface area contributed by atoms with Crippen molar-refractivity contribution in [2.75, 3.05) is 11.8 Å². The molecule has 2 aromatic rings. The number of anilines is 1. The zero-order chi connectivity index (χ0) is 18.0. The number of sulfonamides is 2. The summed E-state index contributed by atoms with van der Waals surface area (Å²) >= 11 is 0. The van der Waals surface area contributed by atoms with Gasteiger partial charge in [-0.2, -0.15) is 0 Å². The minimum Gasteiger partial charge on any atom is -0.280 e. The van der Waals surface area contributed by atoms with E-state index < -0.39 is 25.0 Å². The number of benzene rings is 2. The molecule has 9 nitrogen and oxygen atoms in total. The lowest BCUT2D eigenvalue weighted by atomic mass is 10.3. The molecular formula is C13H13N3O6S2. The monoisotopic (exact) mass is 371 g/mol. The Morgan fingerprint density at radius 3 is 2.08 bits per heavy atom. The maximum atomic E-state index is 12.3. The highest BCUT2D eigenvalue weighted by molar-refractivity contribution is 7.92. The molecule has 0 fully saturated rings. The van der Waals surface area contributed by atoms with Gasteiger partial charge in [-0.05, 0) is 37.4 Å². The zero-order valence-corrected chi connectivity index (χ0v) is 14.0. The van der Waals surface area contributed by atoms with Crippen LogP contribution in [0.1, 0.15) is 0 Å². The van der Waals surface area contributed by atoms with Crippen molar-refractivity contribution in [3.8, 4) is 0 Å². The molecule has 0 aliphatic carbocycles. The summed E-state index contributed by atoms with van der Waals surface area (Å²) in [6.07, 6.45) is 0. The van der Waals surface area contributed by atoms with Gasteiger partial charge in [0, 0.05) is 17.8 Å². The van der Waals surface area contributed by atoms with Crippen molar-refractivity contribution in [3.63, 3.8) is 0 Å². The number of nitro groups is 1. The number of hydrogen-bond donors (Lipinski definition) is 2. The summed E-state index contributed by atoms with van der Waals surface area (Å²) in [7, 11) is -6.41. The molecule has 0 heterocycles. The Kier molecular flexibility index (Phi) is 4.87. The van der Waals surface area contributed by atoms with Crippen LogP contribution in [0.15, 0.2) is 58.3 Å². The number of nitrogens with zero attached hydrogens (tertiary/aromatic N) is 1. The summed E-state index contributed by atoms with van der Waals surface area (Å²) in [5.41, 5.74) is -0.232. The van der Waals surface area contributed by atoms with E-state index >= 15 is 0 Å². The van der Waals surface area contributed by atoms with Crippen LogP contribution in [0.4, 0.5) is 11.4 Å². The van der Waals surface area contributed by atoms with E-state index in [0.717, 1.165) is 6.07 Å². The molecule has 0 aliphatic heterocycles. The number of rotatable bonds is 6. The van der Waals surface area contributed by atoms with Crippen LogP contribution in [-0.2, 0) is 20.0 Å². The fraction of sp³-hybridized carbons (Fsp3) is 0.0769. The van der Waals surface area contributed by atoms with E-state index in [4.69, 9.17) is 0 Å². The van der Waals surface area contributed by atoms with Crippen LogP contribution in [0.5, 0.6) is 0 Å². The van der Waals surface area contributed by atoms with E-state index in [1.54, 1.807) is 0 Å². The average molecular weight is 371 g/mol. The lowest BCUT2D eigenvalue weighted by Gasteiger charge is -2.09. The summed E-state index contributed by atoms with van der Waals surface area (Å²) in [6.45, 7) is 0. The summed E-state index contributed by atoms with van der Waals surface area (Å²) < 4.78 is 52.1. The van der Waals surface area contributed by atoms with Gasteiger partial charge in [0.1, 0.15) is 0 Å².